The topological polar surface area (TPSA) is 64.7 Å². The van der Waals surface area contributed by atoms with E-state index in [-0.39, 0.29) is 18.0 Å². The second kappa shape index (κ2) is 8.64. The minimum absolute atomic E-state index is 0.0959. The maximum atomic E-state index is 12.3. The number of benzene rings is 1. The van der Waals surface area contributed by atoms with E-state index in [2.05, 4.69) is 15.5 Å². The molecule has 6 heteroatoms. The minimum atomic E-state index is -0.169. The van der Waals surface area contributed by atoms with Crippen molar-refractivity contribution in [3.63, 3.8) is 0 Å². The van der Waals surface area contributed by atoms with Crippen LogP contribution in [0.4, 0.5) is 0 Å². The highest BCUT2D eigenvalue weighted by Gasteiger charge is 2.34. The van der Waals surface area contributed by atoms with Gasteiger partial charge in [-0.05, 0) is 19.7 Å². The van der Waals surface area contributed by atoms with Crippen LogP contribution >= 0.6 is 0 Å². The zero-order valence-electron chi connectivity index (χ0n) is 13.9. The summed E-state index contributed by atoms with van der Waals surface area (Å²) in [6, 6.07) is 9.98. The van der Waals surface area contributed by atoms with E-state index in [9.17, 15) is 9.59 Å². The lowest BCUT2D eigenvalue weighted by atomic mass is 10.1. The summed E-state index contributed by atoms with van der Waals surface area (Å²) < 4.78 is 0. The van der Waals surface area contributed by atoms with Gasteiger partial charge in [0.2, 0.25) is 12.3 Å². The van der Waals surface area contributed by atoms with Gasteiger partial charge in [-0.3, -0.25) is 14.9 Å². The molecule has 0 bridgehead atoms. The Balaban J connectivity index is 1.91. The van der Waals surface area contributed by atoms with E-state index < -0.39 is 0 Å². The molecule has 0 aromatic heterocycles. The molecule has 2 atom stereocenters. The molecule has 6 nitrogen and oxygen atoms in total. The summed E-state index contributed by atoms with van der Waals surface area (Å²) in [6.45, 7) is 2.93. The Hall–Kier alpha value is -1.92. The van der Waals surface area contributed by atoms with Crippen LogP contribution in [0.3, 0.4) is 0 Å². The van der Waals surface area contributed by atoms with Gasteiger partial charge in [0.05, 0.1) is 6.17 Å². The summed E-state index contributed by atoms with van der Waals surface area (Å²) in [7, 11) is 4.01. The normalized spacial score (nSPS) is 19.2. The number of amides is 2. The first kappa shape index (κ1) is 17.4. The Bertz CT molecular complexity index is 507. The van der Waals surface area contributed by atoms with Crippen LogP contribution in [0.5, 0.6) is 0 Å². The molecule has 2 unspecified atom stereocenters. The highest BCUT2D eigenvalue weighted by molar-refractivity contribution is 5.78. The average Bonchev–Trinajstić information content (AvgIpc) is 2.88. The van der Waals surface area contributed by atoms with Crippen molar-refractivity contribution in [2.45, 2.75) is 19.1 Å². The van der Waals surface area contributed by atoms with Gasteiger partial charge in [-0.15, -0.1) is 0 Å². The van der Waals surface area contributed by atoms with Gasteiger partial charge in [0, 0.05) is 38.5 Å². The van der Waals surface area contributed by atoms with E-state index in [1.54, 1.807) is 0 Å². The van der Waals surface area contributed by atoms with Gasteiger partial charge < -0.3 is 15.1 Å². The summed E-state index contributed by atoms with van der Waals surface area (Å²) in [5, 5.41) is 6.15. The zero-order valence-corrected chi connectivity index (χ0v) is 13.9. The van der Waals surface area contributed by atoms with Gasteiger partial charge in [-0.2, -0.15) is 0 Å². The number of hydrogen-bond donors (Lipinski definition) is 2. The molecule has 1 aliphatic rings. The third-order valence-corrected chi connectivity index (χ3v) is 4.10. The Morgan fingerprint density at radius 1 is 1.35 bits per heavy atom. The first-order valence-electron chi connectivity index (χ1n) is 7.99. The van der Waals surface area contributed by atoms with Crippen LogP contribution in [-0.4, -0.2) is 62.0 Å². The minimum Gasteiger partial charge on any atom is -0.343 e. The van der Waals surface area contributed by atoms with Gasteiger partial charge in [-0.25, -0.2) is 0 Å². The lowest BCUT2D eigenvalue weighted by Gasteiger charge is -2.25. The van der Waals surface area contributed by atoms with Gasteiger partial charge >= 0.3 is 0 Å². The first-order valence-corrected chi connectivity index (χ1v) is 7.99. The Morgan fingerprint density at radius 2 is 2.09 bits per heavy atom. The summed E-state index contributed by atoms with van der Waals surface area (Å²) in [6.07, 6.45) is 1.00. The molecule has 1 aliphatic heterocycles. The molecule has 1 aromatic rings. The first-order chi connectivity index (χ1) is 11.1. The lowest BCUT2D eigenvalue weighted by Crippen LogP contribution is -2.49. The summed E-state index contributed by atoms with van der Waals surface area (Å²) in [5.41, 5.74) is 1.13. The molecule has 0 spiro atoms. The fourth-order valence-electron chi connectivity index (χ4n) is 2.86. The molecule has 0 radical (unpaired) electrons. The van der Waals surface area contributed by atoms with Gasteiger partial charge in [0.15, 0.2) is 0 Å². The van der Waals surface area contributed by atoms with E-state index in [1.807, 2.05) is 49.3 Å². The van der Waals surface area contributed by atoms with Gasteiger partial charge in [0.1, 0.15) is 0 Å². The number of likely N-dealkylation sites (tertiary alicyclic amines) is 1. The number of carbonyl (C=O) groups excluding carboxylic acids is 2. The SMILES string of the molecule is CN(C)CCNC(NC=O)C1CC(=O)N(Cc2ccccc2)C1. The molecular formula is C17H26N4O2. The molecular weight excluding hydrogens is 292 g/mol. The number of nitrogens with one attached hydrogen (secondary N) is 2. The van der Waals surface area contributed by atoms with Crippen LogP contribution in [-0.2, 0) is 16.1 Å². The lowest BCUT2D eigenvalue weighted by molar-refractivity contribution is -0.128. The average molecular weight is 318 g/mol. The zero-order chi connectivity index (χ0) is 16.7. The number of carbonyl (C=O) groups is 2. The number of hydrogen-bond acceptors (Lipinski definition) is 4. The number of nitrogens with zero attached hydrogens (tertiary/aromatic N) is 2. The summed E-state index contributed by atoms with van der Waals surface area (Å²) in [4.78, 5) is 27.1. The summed E-state index contributed by atoms with van der Waals surface area (Å²) in [5.74, 6) is 0.240. The maximum absolute atomic E-state index is 12.3. The van der Waals surface area contributed by atoms with Crippen molar-refractivity contribution in [3.8, 4) is 0 Å². The summed E-state index contributed by atoms with van der Waals surface area (Å²) >= 11 is 0. The number of rotatable bonds is 9. The molecule has 2 amide bonds. The molecule has 1 heterocycles. The van der Waals surface area contributed by atoms with E-state index in [1.165, 1.54) is 0 Å². The maximum Gasteiger partial charge on any atom is 0.223 e. The van der Waals surface area contributed by atoms with Crippen molar-refractivity contribution in [2.75, 3.05) is 33.7 Å². The third-order valence-electron chi connectivity index (χ3n) is 4.10. The molecule has 1 saturated heterocycles. The highest BCUT2D eigenvalue weighted by Crippen LogP contribution is 2.22. The number of likely N-dealkylation sites (N-methyl/N-ethyl adjacent to an activating group) is 1. The molecule has 1 fully saturated rings. The van der Waals surface area contributed by atoms with E-state index in [0.29, 0.717) is 25.9 Å². The molecule has 23 heavy (non-hydrogen) atoms. The molecule has 0 aliphatic carbocycles. The predicted molar refractivity (Wildman–Crippen MR) is 89.5 cm³/mol. The van der Waals surface area contributed by atoms with Crippen molar-refractivity contribution in [2.24, 2.45) is 5.92 Å². The fraction of sp³-hybridized carbons (Fsp3) is 0.529. The van der Waals surface area contributed by atoms with E-state index in [4.69, 9.17) is 0 Å². The molecule has 0 saturated carbocycles. The third kappa shape index (κ3) is 5.33. The van der Waals surface area contributed by atoms with Crippen molar-refractivity contribution < 1.29 is 9.59 Å². The van der Waals surface area contributed by atoms with Gasteiger partial charge in [0.25, 0.3) is 0 Å². The van der Waals surface area contributed by atoms with Gasteiger partial charge in [-0.1, -0.05) is 30.3 Å². The van der Waals surface area contributed by atoms with Crippen LogP contribution in [0.15, 0.2) is 30.3 Å². The fourth-order valence-corrected chi connectivity index (χ4v) is 2.86. The van der Waals surface area contributed by atoms with Crippen LogP contribution in [0.2, 0.25) is 0 Å². The standard InChI is InChI=1S/C17H26N4O2/c1-20(2)9-8-18-17(19-13-22)15-10-16(23)21(12-15)11-14-6-4-3-5-7-14/h3-7,13,15,17-18H,8-12H2,1-2H3,(H,19,22). The largest absolute Gasteiger partial charge is 0.343 e. The van der Waals surface area contributed by atoms with Crippen molar-refractivity contribution in [1.82, 2.24) is 20.4 Å². The Kier molecular flexibility index (Phi) is 6.55. The predicted octanol–water partition coefficient (Wildman–Crippen LogP) is 0.258. The van der Waals surface area contributed by atoms with Crippen LogP contribution in [0, 0.1) is 5.92 Å². The quantitative estimate of drug-likeness (QED) is 0.506. The van der Waals surface area contributed by atoms with Crippen molar-refractivity contribution in [3.05, 3.63) is 35.9 Å². The molecule has 2 N–H and O–H groups in total. The second-order valence-electron chi connectivity index (χ2n) is 6.24. The monoisotopic (exact) mass is 318 g/mol. The second-order valence-corrected chi connectivity index (χ2v) is 6.24. The van der Waals surface area contributed by atoms with Crippen LogP contribution < -0.4 is 10.6 Å². The van der Waals surface area contributed by atoms with Crippen molar-refractivity contribution >= 4 is 12.3 Å². The van der Waals surface area contributed by atoms with Crippen LogP contribution in [0.1, 0.15) is 12.0 Å². The molecule has 1 aromatic carbocycles. The molecule has 2 rings (SSSR count). The van der Waals surface area contributed by atoms with E-state index >= 15 is 0 Å². The van der Waals surface area contributed by atoms with Crippen molar-refractivity contribution in [1.29, 1.82) is 0 Å². The smallest absolute Gasteiger partial charge is 0.223 e. The highest BCUT2D eigenvalue weighted by atomic mass is 16.2. The Morgan fingerprint density at radius 3 is 2.74 bits per heavy atom. The van der Waals surface area contributed by atoms with Crippen LogP contribution in [0.25, 0.3) is 0 Å². The Labute approximate surface area is 137 Å². The van der Waals surface area contributed by atoms with E-state index in [0.717, 1.165) is 18.7 Å². The molecule has 126 valence electrons.